The Bertz CT molecular complexity index is 2360. The Balaban J connectivity index is 1.42. The summed E-state index contributed by atoms with van der Waals surface area (Å²) in [5.41, 5.74) is -0.582. The predicted molar refractivity (Wildman–Crippen MR) is 337 cm³/mol. The number of carbonyl (C=O) groups excluding carboxylic acids is 6. The van der Waals surface area contributed by atoms with Gasteiger partial charge in [-0.2, -0.15) is 8.42 Å². The van der Waals surface area contributed by atoms with Gasteiger partial charge in [-0.25, -0.2) is 0 Å². The Morgan fingerprint density at radius 1 is 0.584 bits per heavy atom. The summed E-state index contributed by atoms with van der Waals surface area (Å²) in [7, 11) is -2.58. The Hall–Kier alpha value is -4.47. The Kier molecular flexibility index (Phi) is 42.0. The molecule has 5 atom stereocenters. The number of ketones is 4. The molecule has 0 saturated carbocycles. The molecule has 89 heavy (non-hydrogen) atoms. The topological polar surface area (TPSA) is 276 Å². The third kappa shape index (κ3) is 38.2. The van der Waals surface area contributed by atoms with Gasteiger partial charge in [-0.3, -0.25) is 37.9 Å². The van der Waals surface area contributed by atoms with Crippen molar-refractivity contribution in [3.05, 3.63) is 71.8 Å². The number of amides is 2. The summed E-state index contributed by atoms with van der Waals surface area (Å²) in [5.74, 6) is -4.68. The molecule has 2 aromatic rings. The van der Waals surface area contributed by atoms with Gasteiger partial charge in [0.05, 0.1) is 130 Å². The van der Waals surface area contributed by atoms with Crippen molar-refractivity contribution in [3.8, 4) is 0 Å². The standard InChI is InChI=1S/C66H107N3O19S/c1-52(2)45-60(67-64(74)56(24-23-54-17-10-7-11-18-54)48-59(71)50-69-25-28-81-29-26-69)62(72)49-57(47-55-19-12-8-13-20-55)65(75)68-61(46-53(3)4)63(73)66(5,76)51-88-89(77,78)44-15-9-14-21-58(70)22-16-27-80-32-33-83-36-37-85-40-41-87-43-42-86-39-38-84-35-34-82-31-30-79-6/h7-8,10-13,17-20,52-53,56-57,60-61,76H,9,14-16,21-51H2,1-6H3,(H,67,74)(H,68,75)/t56-,57-,60+,61+,66-/m1/s1. The zero-order valence-electron chi connectivity index (χ0n) is 54.1. The van der Waals surface area contributed by atoms with Gasteiger partial charge in [0.15, 0.2) is 11.6 Å². The molecule has 0 bridgehead atoms. The summed E-state index contributed by atoms with van der Waals surface area (Å²) in [6.07, 6.45) is 3.32. The number of nitrogens with zero attached hydrogens (tertiary/aromatic N) is 1. The van der Waals surface area contributed by atoms with Crippen LogP contribution in [0.25, 0.3) is 0 Å². The highest BCUT2D eigenvalue weighted by atomic mass is 32.2. The van der Waals surface area contributed by atoms with Gasteiger partial charge in [-0.05, 0) is 81.3 Å². The highest BCUT2D eigenvalue weighted by Crippen LogP contribution is 2.23. The highest BCUT2D eigenvalue weighted by molar-refractivity contribution is 7.86. The van der Waals surface area contributed by atoms with Crippen molar-refractivity contribution in [2.24, 2.45) is 23.7 Å². The van der Waals surface area contributed by atoms with E-state index in [0.717, 1.165) is 18.1 Å². The van der Waals surface area contributed by atoms with Crippen LogP contribution >= 0.6 is 0 Å². The first-order valence-electron chi connectivity index (χ1n) is 32.0. The zero-order chi connectivity index (χ0) is 65.0. The summed E-state index contributed by atoms with van der Waals surface area (Å²) in [6.45, 7) is 17.2. The van der Waals surface area contributed by atoms with E-state index < -0.39 is 69.6 Å². The number of ether oxygens (including phenoxy) is 9. The number of unbranched alkanes of at least 4 members (excludes halogenated alkanes) is 2. The van der Waals surface area contributed by atoms with E-state index in [0.29, 0.717) is 164 Å². The van der Waals surface area contributed by atoms with Crippen molar-refractivity contribution in [1.82, 2.24) is 15.5 Å². The van der Waals surface area contributed by atoms with E-state index in [-0.39, 0.29) is 80.7 Å². The van der Waals surface area contributed by atoms with Crippen LogP contribution in [0.2, 0.25) is 0 Å². The molecule has 0 radical (unpaired) electrons. The summed E-state index contributed by atoms with van der Waals surface area (Å²) in [6, 6.07) is 16.5. The van der Waals surface area contributed by atoms with Gasteiger partial charge in [0.2, 0.25) is 11.8 Å². The van der Waals surface area contributed by atoms with Crippen LogP contribution in [0.5, 0.6) is 0 Å². The molecule has 1 aliphatic heterocycles. The number of rotatable bonds is 56. The maximum atomic E-state index is 14.5. The molecule has 1 heterocycles. The summed E-state index contributed by atoms with van der Waals surface area (Å²) < 4.78 is 80.0. The lowest BCUT2D eigenvalue weighted by molar-refractivity contribution is -0.143. The van der Waals surface area contributed by atoms with E-state index in [1.807, 2.05) is 93.3 Å². The van der Waals surface area contributed by atoms with E-state index in [9.17, 15) is 42.3 Å². The molecular formula is C66H107N3O19S. The Morgan fingerprint density at radius 2 is 1.06 bits per heavy atom. The van der Waals surface area contributed by atoms with E-state index >= 15 is 0 Å². The Morgan fingerprint density at radius 3 is 1.58 bits per heavy atom. The molecule has 1 saturated heterocycles. The van der Waals surface area contributed by atoms with E-state index in [1.165, 1.54) is 0 Å². The number of carbonyl (C=O) groups is 6. The average molecular weight is 1280 g/mol. The van der Waals surface area contributed by atoms with Crippen molar-refractivity contribution in [2.75, 3.05) is 151 Å². The highest BCUT2D eigenvalue weighted by Gasteiger charge is 2.40. The minimum atomic E-state index is -4.21. The summed E-state index contributed by atoms with van der Waals surface area (Å²) >= 11 is 0. The molecule has 1 aliphatic rings. The molecule has 0 aromatic heterocycles. The second-order valence-electron chi connectivity index (χ2n) is 23.7. The van der Waals surface area contributed by atoms with Gasteiger partial charge in [0.25, 0.3) is 10.1 Å². The fourth-order valence-electron chi connectivity index (χ4n) is 9.77. The fourth-order valence-corrected chi connectivity index (χ4v) is 10.9. The first kappa shape index (κ1) is 78.8. The number of nitrogens with one attached hydrogen (secondary N) is 2. The molecule has 0 unspecified atom stereocenters. The lowest BCUT2D eigenvalue weighted by Crippen LogP contribution is -2.54. The largest absolute Gasteiger partial charge is 0.382 e. The van der Waals surface area contributed by atoms with Gasteiger partial charge in [0, 0.05) is 64.3 Å². The normalized spacial score (nSPS) is 15.1. The van der Waals surface area contributed by atoms with Crippen LogP contribution in [0.4, 0.5) is 0 Å². The third-order valence-electron chi connectivity index (χ3n) is 14.7. The smallest absolute Gasteiger partial charge is 0.267 e. The van der Waals surface area contributed by atoms with Gasteiger partial charge in [-0.15, -0.1) is 0 Å². The molecule has 3 N–H and O–H groups in total. The molecule has 2 amide bonds. The van der Waals surface area contributed by atoms with Crippen molar-refractivity contribution in [3.63, 3.8) is 0 Å². The Labute approximate surface area is 530 Å². The van der Waals surface area contributed by atoms with Crippen molar-refractivity contribution < 1.29 is 89.1 Å². The molecule has 3 rings (SSSR count). The molecule has 2 aromatic carbocycles. The van der Waals surface area contributed by atoms with E-state index in [2.05, 4.69) is 10.6 Å². The summed E-state index contributed by atoms with van der Waals surface area (Å²) in [5, 5.41) is 17.3. The number of methoxy groups -OCH3 is 1. The van der Waals surface area contributed by atoms with Crippen molar-refractivity contribution in [2.45, 2.75) is 136 Å². The lowest BCUT2D eigenvalue weighted by Gasteiger charge is -2.30. The maximum Gasteiger partial charge on any atom is 0.267 e. The molecule has 23 heteroatoms. The zero-order valence-corrected chi connectivity index (χ0v) is 55.0. The monoisotopic (exact) mass is 1280 g/mol. The molecule has 506 valence electrons. The second kappa shape index (κ2) is 47.4. The van der Waals surface area contributed by atoms with Crippen LogP contribution in [0.1, 0.15) is 116 Å². The second-order valence-corrected chi connectivity index (χ2v) is 25.4. The third-order valence-corrected chi connectivity index (χ3v) is 15.9. The number of morpholine rings is 1. The van der Waals surface area contributed by atoms with Gasteiger partial charge in [0.1, 0.15) is 23.8 Å². The number of benzene rings is 2. The van der Waals surface area contributed by atoms with Crippen LogP contribution in [0.3, 0.4) is 0 Å². The lowest BCUT2D eigenvalue weighted by atomic mass is 9.86. The number of aliphatic hydroxyl groups is 1. The first-order chi connectivity index (χ1) is 42.8. The minimum Gasteiger partial charge on any atom is -0.382 e. The number of Topliss-reactive ketones (excluding diaryl/α,β-unsaturated/α-hetero) is 4. The van der Waals surface area contributed by atoms with Crippen LogP contribution in [-0.4, -0.2) is 222 Å². The molecule has 1 fully saturated rings. The maximum absolute atomic E-state index is 14.5. The molecule has 0 spiro atoms. The van der Waals surface area contributed by atoms with E-state index in [1.54, 1.807) is 7.11 Å². The SMILES string of the molecule is COCCOCCOCCOCCOCCOCCOCCOCCCC(=O)CCCCCS(=O)(=O)OC[C@@](C)(O)C(=O)[C@H](CC(C)C)NC(=O)[C@@H](CC(=O)[C@H](CC(C)C)NC(=O)[C@H](CCc1ccccc1)CC(=O)CN1CCOCC1)Cc1ccccc1. The number of aryl methyl sites for hydroxylation is 1. The quantitative estimate of drug-likeness (QED) is 0.0525. The van der Waals surface area contributed by atoms with Crippen LogP contribution in [-0.2, 0) is 98.5 Å². The fraction of sp³-hybridized carbons (Fsp3) is 0.727. The predicted octanol–water partition coefficient (Wildman–Crippen LogP) is 5.75. The van der Waals surface area contributed by atoms with E-state index in [4.69, 9.17) is 46.8 Å². The van der Waals surface area contributed by atoms with Gasteiger partial charge in [-0.1, -0.05) is 94.8 Å². The molecule has 22 nitrogen and oxygen atoms in total. The number of hydrogen-bond acceptors (Lipinski definition) is 20. The summed E-state index contributed by atoms with van der Waals surface area (Å²) in [4.78, 5) is 85.6. The van der Waals surface area contributed by atoms with Crippen LogP contribution < -0.4 is 10.6 Å². The minimum absolute atomic E-state index is 0.00687. The van der Waals surface area contributed by atoms with Crippen molar-refractivity contribution in [1.29, 1.82) is 0 Å². The van der Waals surface area contributed by atoms with Gasteiger partial charge < -0.3 is 58.4 Å². The van der Waals surface area contributed by atoms with Crippen LogP contribution in [0, 0.1) is 23.7 Å². The van der Waals surface area contributed by atoms with Crippen molar-refractivity contribution >= 4 is 45.1 Å². The first-order valence-corrected chi connectivity index (χ1v) is 33.6. The molecule has 0 aliphatic carbocycles. The van der Waals surface area contributed by atoms with Gasteiger partial charge >= 0.3 is 0 Å². The van der Waals surface area contributed by atoms with Crippen LogP contribution in [0.15, 0.2) is 60.7 Å². The molecular weight excluding hydrogens is 1170 g/mol. The average Bonchev–Trinajstić information content (AvgIpc) is 2.54. The number of hydrogen-bond donors (Lipinski definition) is 3.